The second-order valence-corrected chi connectivity index (χ2v) is 5.15. The number of halogens is 4. The summed E-state index contributed by atoms with van der Waals surface area (Å²) in [5.74, 6) is -2.11. The van der Waals surface area contributed by atoms with Crippen molar-refractivity contribution in [3.63, 3.8) is 0 Å². The number of carbonyl (C=O) groups is 1. The largest absolute Gasteiger partial charge is 0.511 e. The fourth-order valence-electron chi connectivity index (χ4n) is 2.48. The molecule has 122 valence electrons. The molecule has 1 aromatic heterocycles. The zero-order chi connectivity index (χ0) is 16.9. The van der Waals surface area contributed by atoms with E-state index in [1.807, 2.05) is 0 Å². The van der Waals surface area contributed by atoms with E-state index >= 15 is 0 Å². The van der Waals surface area contributed by atoms with Crippen LogP contribution in [0.5, 0.6) is 5.75 Å². The number of benzene rings is 1. The highest BCUT2D eigenvalue weighted by Crippen LogP contribution is 2.42. The Balaban J connectivity index is 2.43. The van der Waals surface area contributed by atoms with Crippen LogP contribution >= 0.6 is 0 Å². The van der Waals surface area contributed by atoms with Gasteiger partial charge in [0.15, 0.2) is 5.75 Å². The number of rotatable bonds is 2. The molecule has 0 radical (unpaired) electrons. The average molecular weight is 331 g/mol. The van der Waals surface area contributed by atoms with Gasteiger partial charge in [0, 0.05) is 6.04 Å². The summed E-state index contributed by atoms with van der Waals surface area (Å²) >= 11 is 0. The number of ether oxygens (including phenoxy) is 1. The molecule has 1 aliphatic carbocycles. The molecule has 5 nitrogen and oxygen atoms in total. The Morgan fingerprint density at radius 3 is 2.48 bits per heavy atom. The van der Waals surface area contributed by atoms with Crippen LogP contribution in [0, 0.1) is 5.82 Å². The van der Waals surface area contributed by atoms with E-state index in [4.69, 9.17) is 5.11 Å². The molecule has 1 fully saturated rings. The molecule has 0 saturated heterocycles. The molecule has 1 saturated carbocycles. The first-order valence-electron chi connectivity index (χ1n) is 6.55. The van der Waals surface area contributed by atoms with Crippen molar-refractivity contribution < 1.29 is 32.2 Å². The first-order valence-corrected chi connectivity index (χ1v) is 6.55. The molecule has 0 bridgehead atoms. The number of alkyl halides is 3. The fourth-order valence-corrected chi connectivity index (χ4v) is 2.48. The van der Waals surface area contributed by atoms with Gasteiger partial charge in [0.25, 0.3) is 0 Å². The fraction of sp³-hybridized carbons (Fsp3) is 0.286. The molecule has 0 amide bonds. The van der Waals surface area contributed by atoms with Crippen molar-refractivity contribution in [2.45, 2.75) is 25.1 Å². The molecule has 0 atom stereocenters. The summed E-state index contributed by atoms with van der Waals surface area (Å²) < 4.78 is 58.8. The Bertz CT molecular complexity index is 868. The number of carboxylic acid groups (broad SMARTS) is 1. The first-order chi connectivity index (χ1) is 10.7. The van der Waals surface area contributed by atoms with Gasteiger partial charge in [-0.1, -0.05) is 0 Å². The summed E-state index contributed by atoms with van der Waals surface area (Å²) in [5.41, 5.74) is -3.17. The number of pyridine rings is 1. The van der Waals surface area contributed by atoms with Crippen LogP contribution in [0.3, 0.4) is 0 Å². The van der Waals surface area contributed by atoms with Gasteiger partial charge in [0.05, 0.1) is 17.1 Å². The molecule has 0 aliphatic heterocycles. The van der Waals surface area contributed by atoms with Gasteiger partial charge in [-0.15, -0.1) is 0 Å². The standard InChI is InChI=1S/C14H9F4NO4/c15-8-4-3-7-11(10(8)14(16,17)18)19(6-1-2-6)5-9(12(7)20)23-13(21)22/h3-6H,1-2H2,(H,21,22). The van der Waals surface area contributed by atoms with Crippen LogP contribution in [0.4, 0.5) is 22.4 Å². The summed E-state index contributed by atoms with van der Waals surface area (Å²) in [6.45, 7) is 0. The lowest BCUT2D eigenvalue weighted by atomic mass is 10.1. The molecule has 1 heterocycles. The second-order valence-electron chi connectivity index (χ2n) is 5.15. The van der Waals surface area contributed by atoms with E-state index < -0.39 is 45.8 Å². The third-order valence-corrected chi connectivity index (χ3v) is 3.53. The maximum atomic E-state index is 13.8. The third kappa shape index (κ3) is 2.62. The summed E-state index contributed by atoms with van der Waals surface area (Å²) in [6, 6.07) is 1.07. The molecule has 0 spiro atoms. The van der Waals surface area contributed by atoms with Crippen molar-refractivity contribution >= 4 is 17.1 Å². The van der Waals surface area contributed by atoms with E-state index in [-0.39, 0.29) is 6.04 Å². The highest BCUT2D eigenvalue weighted by Gasteiger charge is 2.39. The molecule has 0 unspecified atom stereocenters. The topological polar surface area (TPSA) is 68.5 Å². The normalized spacial score (nSPS) is 15.0. The van der Waals surface area contributed by atoms with E-state index in [0.29, 0.717) is 18.9 Å². The summed E-state index contributed by atoms with van der Waals surface area (Å²) in [7, 11) is 0. The first kappa shape index (κ1) is 15.3. The molecule has 3 rings (SSSR count). The Labute approximate surface area is 125 Å². The van der Waals surface area contributed by atoms with Crippen LogP contribution < -0.4 is 10.2 Å². The smallest absolute Gasteiger partial charge is 0.449 e. The maximum Gasteiger partial charge on any atom is 0.511 e. The molecule has 1 N–H and O–H groups in total. The van der Waals surface area contributed by atoms with Gasteiger partial charge in [-0.25, -0.2) is 9.18 Å². The van der Waals surface area contributed by atoms with Crippen molar-refractivity contribution in [2.24, 2.45) is 0 Å². The average Bonchev–Trinajstić information content (AvgIpc) is 3.24. The van der Waals surface area contributed by atoms with Crippen molar-refractivity contribution in [1.29, 1.82) is 0 Å². The predicted molar refractivity (Wildman–Crippen MR) is 70.1 cm³/mol. The number of hydrogen-bond donors (Lipinski definition) is 1. The van der Waals surface area contributed by atoms with Crippen molar-refractivity contribution in [3.8, 4) is 5.75 Å². The molecular weight excluding hydrogens is 322 g/mol. The molecule has 1 aliphatic rings. The molecule has 2 aromatic rings. The minimum absolute atomic E-state index is 0.364. The number of fused-ring (bicyclic) bond motifs is 1. The molecule has 23 heavy (non-hydrogen) atoms. The van der Waals surface area contributed by atoms with Gasteiger partial charge in [-0.2, -0.15) is 13.2 Å². The highest BCUT2D eigenvalue weighted by atomic mass is 19.4. The van der Waals surface area contributed by atoms with Crippen LogP contribution in [0.2, 0.25) is 0 Å². The quantitative estimate of drug-likeness (QED) is 0.675. The van der Waals surface area contributed by atoms with Crippen LogP contribution in [0.15, 0.2) is 23.1 Å². The van der Waals surface area contributed by atoms with Crippen molar-refractivity contribution in [1.82, 2.24) is 4.57 Å². The minimum Gasteiger partial charge on any atom is -0.449 e. The second kappa shape index (κ2) is 4.97. The summed E-state index contributed by atoms with van der Waals surface area (Å²) in [6.07, 6.45) is -4.79. The molecule has 1 aromatic carbocycles. The van der Waals surface area contributed by atoms with Crippen molar-refractivity contribution in [3.05, 3.63) is 39.9 Å². The Kier molecular flexibility index (Phi) is 3.31. The Morgan fingerprint density at radius 2 is 1.96 bits per heavy atom. The van der Waals surface area contributed by atoms with E-state index in [1.165, 1.54) is 0 Å². The molecular formula is C14H9F4NO4. The third-order valence-electron chi connectivity index (χ3n) is 3.53. The van der Waals surface area contributed by atoms with Crippen LogP contribution in [-0.2, 0) is 6.18 Å². The molecule has 9 heteroatoms. The van der Waals surface area contributed by atoms with Gasteiger partial charge in [0.1, 0.15) is 11.4 Å². The zero-order valence-electron chi connectivity index (χ0n) is 11.4. The van der Waals surface area contributed by atoms with E-state index in [9.17, 15) is 27.2 Å². The highest BCUT2D eigenvalue weighted by molar-refractivity contribution is 5.85. The lowest BCUT2D eigenvalue weighted by molar-refractivity contribution is -0.138. The number of aromatic nitrogens is 1. The van der Waals surface area contributed by atoms with Gasteiger partial charge in [0.2, 0.25) is 5.43 Å². The van der Waals surface area contributed by atoms with Gasteiger partial charge >= 0.3 is 12.3 Å². The monoisotopic (exact) mass is 331 g/mol. The Morgan fingerprint density at radius 1 is 1.30 bits per heavy atom. The zero-order valence-corrected chi connectivity index (χ0v) is 11.4. The lowest BCUT2D eigenvalue weighted by Crippen LogP contribution is -2.19. The SMILES string of the molecule is O=C(O)Oc1cn(C2CC2)c2c(C(F)(F)F)c(F)ccc2c1=O. The predicted octanol–water partition coefficient (Wildman–Crippen LogP) is 3.55. The summed E-state index contributed by atoms with van der Waals surface area (Å²) in [4.78, 5) is 22.8. The number of nitrogens with zero attached hydrogens (tertiary/aromatic N) is 1. The van der Waals surface area contributed by atoms with E-state index in [1.54, 1.807) is 0 Å². The van der Waals surface area contributed by atoms with Gasteiger partial charge < -0.3 is 14.4 Å². The Hall–Kier alpha value is -2.58. The van der Waals surface area contributed by atoms with Gasteiger partial charge in [-0.3, -0.25) is 4.79 Å². The van der Waals surface area contributed by atoms with E-state index in [2.05, 4.69) is 4.74 Å². The van der Waals surface area contributed by atoms with Crippen molar-refractivity contribution in [2.75, 3.05) is 0 Å². The van der Waals surface area contributed by atoms with Crippen LogP contribution in [-0.4, -0.2) is 15.8 Å². The lowest BCUT2D eigenvalue weighted by Gasteiger charge is -2.17. The maximum absolute atomic E-state index is 13.8. The summed E-state index contributed by atoms with van der Waals surface area (Å²) in [5, 5.41) is 8.19. The minimum atomic E-state index is -5.00. The number of hydrogen-bond acceptors (Lipinski definition) is 3. The van der Waals surface area contributed by atoms with Gasteiger partial charge in [-0.05, 0) is 25.0 Å². The van der Waals surface area contributed by atoms with Crippen LogP contribution in [0.25, 0.3) is 10.9 Å². The van der Waals surface area contributed by atoms with E-state index in [0.717, 1.165) is 16.8 Å². The van der Waals surface area contributed by atoms with Crippen LogP contribution in [0.1, 0.15) is 24.4 Å².